The maximum absolute atomic E-state index is 10.6. The lowest BCUT2D eigenvalue weighted by Gasteiger charge is -2.30. The van der Waals surface area contributed by atoms with Crippen LogP contribution in [-0.4, -0.2) is 46.4 Å². The fourth-order valence-electron chi connectivity index (χ4n) is 3.54. The Morgan fingerprint density at radius 2 is 2.16 bits per heavy atom. The Balaban J connectivity index is 1.61. The van der Waals surface area contributed by atoms with Gasteiger partial charge in [-0.05, 0) is 68.6 Å². The maximum atomic E-state index is 10.6. The minimum absolute atomic E-state index is 0.283. The molecule has 1 aromatic carbocycles. The van der Waals surface area contributed by atoms with Crippen molar-refractivity contribution in [2.24, 2.45) is 0 Å². The monoisotopic (exact) mass is 354 g/mol. The number of likely N-dealkylation sites (tertiary alicyclic amines) is 1. The second-order valence-electron chi connectivity index (χ2n) is 6.80. The number of benzene rings is 1. The van der Waals surface area contributed by atoms with Crippen LogP contribution < -0.4 is 5.32 Å². The second-order valence-corrected chi connectivity index (χ2v) is 7.75. The maximum Gasteiger partial charge on any atom is 0.149 e. The lowest BCUT2D eigenvalue weighted by molar-refractivity contribution is 0.260. The number of hydrogen-bond donors (Lipinski definition) is 2. The molecule has 5 nitrogen and oxygen atoms in total. The summed E-state index contributed by atoms with van der Waals surface area (Å²) in [7, 11) is 2.15. The molecule has 1 aliphatic heterocycles. The van der Waals surface area contributed by atoms with Crippen LogP contribution in [0.2, 0.25) is 0 Å². The van der Waals surface area contributed by atoms with Crippen LogP contribution in [0.1, 0.15) is 18.4 Å². The third-order valence-corrected chi connectivity index (χ3v) is 5.70. The van der Waals surface area contributed by atoms with E-state index in [1.165, 1.54) is 6.42 Å². The van der Waals surface area contributed by atoms with Crippen LogP contribution in [0.5, 0.6) is 5.75 Å². The summed E-state index contributed by atoms with van der Waals surface area (Å²) in [5.74, 6) is 1.09. The average Bonchev–Trinajstić information content (AvgIpc) is 3.06. The number of aryl methyl sites for hydroxylation is 1. The molecule has 1 aliphatic rings. The third kappa shape index (κ3) is 3.19. The quantitative estimate of drug-likeness (QED) is 0.747. The van der Waals surface area contributed by atoms with Crippen molar-refractivity contribution in [1.29, 1.82) is 0 Å². The minimum atomic E-state index is 0.283. The molecular weight excluding hydrogens is 332 g/mol. The van der Waals surface area contributed by atoms with Gasteiger partial charge in [-0.25, -0.2) is 0 Å². The van der Waals surface area contributed by atoms with Gasteiger partial charge in [0.2, 0.25) is 0 Å². The Kier molecular flexibility index (Phi) is 4.31. The zero-order valence-corrected chi connectivity index (χ0v) is 15.3. The highest BCUT2D eigenvalue weighted by molar-refractivity contribution is 7.17. The van der Waals surface area contributed by atoms with Crippen molar-refractivity contribution in [1.82, 2.24) is 15.1 Å². The van der Waals surface area contributed by atoms with Gasteiger partial charge >= 0.3 is 0 Å². The van der Waals surface area contributed by atoms with Crippen LogP contribution in [0.4, 0.5) is 5.82 Å². The third-order valence-electron chi connectivity index (χ3n) is 4.82. The Hall–Kier alpha value is -2.18. The van der Waals surface area contributed by atoms with Crippen molar-refractivity contribution in [3.05, 3.63) is 35.2 Å². The molecule has 4 rings (SSSR count). The molecule has 1 fully saturated rings. The van der Waals surface area contributed by atoms with E-state index in [-0.39, 0.29) is 5.75 Å². The molecule has 0 unspecified atom stereocenters. The van der Waals surface area contributed by atoms with Crippen LogP contribution >= 0.6 is 11.3 Å². The number of phenolic OH excluding ortho intramolecular Hbond substituents is 1. The molecule has 3 aromatic rings. The SMILES string of the molecule is Cc1cc(N[C@@H]2CCCN(C)C2)nnc1-c1ccc2sccc2c1O. The summed E-state index contributed by atoms with van der Waals surface area (Å²) in [5, 5.41) is 25.7. The zero-order valence-electron chi connectivity index (χ0n) is 14.5. The number of anilines is 1. The van der Waals surface area contributed by atoms with Gasteiger partial charge in [-0.3, -0.25) is 0 Å². The normalized spacial score (nSPS) is 18.6. The molecule has 0 amide bonds. The number of rotatable bonds is 3. The van der Waals surface area contributed by atoms with Gasteiger partial charge < -0.3 is 15.3 Å². The molecule has 0 radical (unpaired) electrons. The van der Waals surface area contributed by atoms with Gasteiger partial charge in [-0.15, -0.1) is 21.5 Å². The van der Waals surface area contributed by atoms with Crippen molar-refractivity contribution in [3.63, 3.8) is 0 Å². The molecule has 0 saturated carbocycles. The van der Waals surface area contributed by atoms with Crippen LogP contribution in [-0.2, 0) is 0 Å². The summed E-state index contributed by atoms with van der Waals surface area (Å²) in [6, 6.07) is 8.33. The highest BCUT2D eigenvalue weighted by Gasteiger charge is 2.18. The summed E-state index contributed by atoms with van der Waals surface area (Å²) in [6.07, 6.45) is 2.36. The minimum Gasteiger partial charge on any atom is -0.507 e. The van der Waals surface area contributed by atoms with Crippen LogP contribution in [0.15, 0.2) is 29.6 Å². The van der Waals surface area contributed by atoms with E-state index in [9.17, 15) is 5.11 Å². The number of hydrogen-bond acceptors (Lipinski definition) is 6. The van der Waals surface area contributed by atoms with E-state index in [1.54, 1.807) is 11.3 Å². The van der Waals surface area contributed by atoms with Gasteiger partial charge in [0.15, 0.2) is 0 Å². The van der Waals surface area contributed by atoms with Crippen LogP contribution in [0, 0.1) is 6.92 Å². The molecule has 2 N–H and O–H groups in total. The van der Waals surface area contributed by atoms with Gasteiger partial charge in [0.1, 0.15) is 11.6 Å². The molecule has 3 heterocycles. The van der Waals surface area contributed by atoms with E-state index in [4.69, 9.17) is 0 Å². The van der Waals surface area contributed by atoms with E-state index in [0.29, 0.717) is 6.04 Å². The first-order valence-electron chi connectivity index (χ1n) is 8.61. The van der Waals surface area contributed by atoms with Crippen molar-refractivity contribution in [2.75, 3.05) is 25.5 Å². The fraction of sp³-hybridized carbons (Fsp3) is 0.368. The van der Waals surface area contributed by atoms with Gasteiger partial charge in [-0.2, -0.15) is 0 Å². The number of nitrogens with zero attached hydrogens (tertiary/aromatic N) is 3. The molecular formula is C19H22N4OS. The molecule has 130 valence electrons. The first-order chi connectivity index (χ1) is 12.1. The number of thiophene rings is 1. The van der Waals surface area contributed by atoms with E-state index < -0.39 is 0 Å². The molecule has 0 bridgehead atoms. The Morgan fingerprint density at radius 3 is 2.96 bits per heavy atom. The van der Waals surface area contributed by atoms with Crippen molar-refractivity contribution in [3.8, 4) is 17.0 Å². The van der Waals surface area contributed by atoms with Crippen LogP contribution in [0.25, 0.3) is 21.3 Å². The topological polar surface area (TPSA) is 61.3 Å². The summed E-state index contributed by atoms with van der Waals surface area (Å²) in [6.45, 7) is 4.20. The van der Waals surface area contributed by atoms with Crippen molar-refractivity contribution < 1.29 is 5.11 Å². The zero-order chi connectivity index (χ0) is 17.4. The predicted molar refractivity (Wildman–Crippen MR) is 103 cm³/mol. The first-order valence-corrected chi connectivity index (χ1v) is 9.49. The largest absolute Gasteiger partial charge is 0.507 e. The van der Waals surface area contributed by atoms with Gasteiger partial charge in [-0.1, -0.05) is 0 Å². The van der Waals surface area contributed by atoms with Gasteiger partial charge in [0, 0.05) is 28.2 Å². The Morgan fingerprint density at radius 1 is 1.28 bits per heavy atom. The standard InChI is InChI=1S/C19H22N4OS/c1-12-10-17(20-13-4-3-8-23(2)11-13)21-22-18(12)15-5-6-16-14(19(15)24)7-9-25-16/h5-7,9-10,13,24H,3-4,8,11H2,1-2H3,(H,20,21)/t13-/m1/s1. The highest BCUT2D eigenvalue weighted by atomic mass is 32.1. The number of aromatic hydroxyl groups is 1. The number of fused-ring (bicyclic) bond motifs is 1. The molecule has 2 aromatic heterocycles. The fourth-order valence-corrected chi connectivity index (χ4v) is 4.32. The molecule has 1 saturated heterocycles. The van der Waals surface area contributed by atoms with Gasteiger partial charge in [0.05, 0.1) is 5.69 Å². The molecule has 6 heteroatoms. The number of piperidine rings is 1. The predicted octanol–water partition coefficient (Wildman–Crippen LogP) is 3.88. The molecule has 0 spiro atoms. The smallest absolute Gasteiger partial charge is 0.149 e. The van der Waals surface area contributed by atoms with Crippen molar-refractivity contribution in [2.45, 2.75) is 25.8 Å². The second kappa shape index (κ2) is 6.61. The summed E-state index contributed by atoms with van der Waals surface area (Å²) in [4.78, 5) is 2.34. The number of nitrogens with one attached hydrogen (secondary N) is 1. The lowest BCUT2D eigenvalue weighted by Crippen LogP contribution is -2.39. The molecule has 0 aliphatic carbocycles. The van der Waals surface area contributed by atoms with E-state index in [0.717, 1.165) is 52.2 Å². The van der Waals surface area contributed by atoms with Crippen LogP contribution in [0.3, 0.4) is 0 Å². The van der Waals surface area contributed by atoms with E-state index >= 15 is 0 Å². The number of aromatic nitrogens is 2. The summed E-state index contributed by atoms with van der Waals surface area (Å²) >= 11 is 1.62. The number of phenols is 1. The lowest BCUT2D eigenvalue weighted by atomic mass is 10.0. The number of likely N-dealkylation sites (N-methyl/N-ethyl adjacent to an activating group) is 1. The summed E-state index contributed by atoms with van der Waals surface area (Å²) < 4.78 is 1.08. The molecule has 25 heavy (non-hydrogen) atoms. The highest BCUT2D eigenvalue weighted by Crippen LogP contribution is 2.38. The molecule has 1 atom stereocenters. The van der Waals surface area contributed by atoms with Crippen molar-refractivity contribution >= 4 is 27.2 Å². The first kappa shape index (κ1) is 16.3. The van der Waals surface area contributed by atoms with E-state index in [1.807, 2.05) is 36.6 Å². The Labute approximate surface area is 151 Å². The van der Waals surface area contributed by atoms with Gasteiger partial charge in [0.25, 0.3) is 0 Å². The average molecular weight is 354 g/mol. The summed E-state index contributed by atoms with van der Waals surface area (Å²) in [5.41, 5.74) is 2.48. The van der Waals surface area contributed by atoms with E-state index in [2.05, 4.69) is 27.5 Å². The Bertz CT molecular complexity index is 908.